The first-order valence-electron chi connectivity index (χ1n) is 7.99. The summed E-state index contributed by atoms with van der Waals surface area (Å²) in [7, 11) is 0. The fourth-order valence-electron chi connectivity index (χ4n) is 2.25. The van der Waals surface area contributed by atoms with Crippen molar-refractivity contribution in [1.29, 1.82) is 0 Å². The topological polar surface area (TPSA) is 20.2 Å². The second-order valence-electron chi connectivity index (χ2n) is 5.39. The lowest BCUT2D eigenvalue weighted by Gasteiger charge is -2.06. The first kappa shape index (κ1) is 17.0. The smallest absolute Gasteiger partial charge is 0.0537 e. The highest BCUT2D eigenvalue weighted by Gasteiger charge is 1.99. The predicted molar refractivity (Wildman–Crippen MR) is 77.4 cm³/mol. The van der Waals surface area contributed by atoms with Crippen molar-refractivity contribution in [3.05, 3.63) is 0 Å². The number of aliphatic hydroxyl groups excluding tert-OH is 1. The Hall–Kier alpha value is -0.0400. The zero-order chi connectivity index (χ0) is 12.8. The molecular weight excluding hydrogens is 208 g/mol. The summed E-state index contributed by atoms with van der Waals surface area (Å²) in [5.74, 6) is 0. The van der Waals surface area contributed by atoms with Crippen molar-refractivity contribution < 1.29 is 5.11 Å². The van der Waals surface area contributed by atoms with Gasteiger partial charge in [-0.2, -0.15) is 0 Å². The number of hydrogen-bond donors (Lipinski definition) is 1. The molecule has 0 rings (SSSR count). The van der Waals surface area contributed by atoms with E-state index in [0.29, 0.717) is 0 Å². The molecule has 0 aromatic rings. The third-order valence-corrected chi connectivity index (χ3v) is 3.61. The van der Waals surface area contributed by atoms with Gasteiger partial charge in [0.05, 0.1) is 6.10 Å². The first-order valence-corrected chi connectivity index (χ1v) is 7.99. The van der Waals surface area contributed by atoms with E-state index in [2.05, 4.69) is 13.8 Å². The van der Waals surface area contributed by atoms with E-state index in [4.69, 9.17) is 0 Å². The molecular formula is C16H34O. The first-order chi connectivity index (χ1) is 8.31. The highest BCUT2D eigenvalue weighted by Crippen LogP contribution is 2.12. The summed E-state index contributed by atoms with van der Waals surface area (Å²) in [4.78, 5) is 0. The number of rotatable bonds is 13. The third kappa shape index (κ3) is 13.9. The van der Waals surface area contributed by atoms with E-state index in [9.17, 15) is 5.11 Å². The quantitative estimate of drug-likeness (QED) is 0.425. The van der Waals surface area contributed by atoms with Crippen LogP contribution in [0.1, 0.15) is 97.3 Å². The fraction of sp³-hybridized carbons (Fsp3) is 1.00. The van der Waals surface area contributed by atoms with Crippen LogP contribution in [0.4, 0.5) is 0 Å². The monoisotopic (exact) mass is 242 g/mol. The van der Waals surface area contributed by atoms with Crippen molar-refractivity contribution in [3.63, 3.8) is 0 Å². The number of aliphatic hydroxyl groups is 1. The van der Waals surface area contributed by atoms with Gasteiger partial charge in [-0.3, -0.25) is 0 Å². The van der Waals surface area contributed by atoms with E-state index >= 15 is 0 Å². The van der Waals surface area contributed by atoms with Crippen LogP contribution in [0, 0.1) is 0 Å². The molecule has 1 atom stereocenters. The second-order valence-corrected chi connectivity index (χ2v) is 5.39. The predicted octanol–water partition coefficient (Wildman–Crippen LogP) is 5.46. The molecule has 17 heavy (non-hydrogen) atoms. The van der Waals surface area contributed by atoms with Gasteiger partial charge in [0, 0.05) is 0 Å². The van der Waals surface area contributed by atoms with E-state index < -0.39 is 0 Å². The van der Waals surface area contributed by atoms with Crippen molar-refractivity contribution in [3.8, 4) is 0 Å². The molecule has 0 aliphatic heterocycles. The molecule has 0 saturated heterocycles. The Morgan fingerprint density at radius 3 is 1.47 bits per heavy atom. The normalized spacial score (nSPS) is 12.9. The van der Waals surface area contributed by atoms with E-state index in [1.165, 1.54) is 70.6 Å². The van der Waals surface area contributed by atoms with Gasteiger partial charge in [0.25, 0.3) is 0 Å². The maximum absolute atomic E-state index is 9.40. The molecule has 0 aromatic carbocycles. The van der Waals surface area contributed by atoms with Crippen molar-refractivity contribution >= 4 is 0 Å². The van der Waals surface area contributed by atoms with E-state index in [0.717, 1.165) is 12.8 Å². The summed E-state index contributed by atoms with van der Waals surface area (Å²) in [6.45, 7) is 4.33. The van der Waals surface area contributed by atoms with Crippen molar-refractivity contribution in [2.24, 2.45) is 0 Å². The molecule has 1 heteroatoms. The maximum Gasteiger partial charge on any atom is 0.0537 e. The molecule has 0 radical (unpaired) electrons. The fourth-order valence-corrected chi connectivity index (χ4v) is 2.25. The van der Waals surface area contributed by atoms with Crippen LogP contribution in [0.3, 0.4) is 0 Å². The average Bonchev–Trinajstić information content (AvgIpc) is 2.35. The van der Waals surface area contributed by atoms with Crippen LogP contribution >= 0.6 is 0 Å². The van der Waals surface area contributed by atoms with Gasteiger partial charge in [0.2, 0.25) is 0 Å². The molecule has 0 amide bonds. The lowest BCUT2D eigenvalue weighted by atomic mass is 10.0. The van der Waals surface area contributed by atoms with Gasteiger partial charge >= 0.3 is 0 Å². The molecule has 0 bridgehead atoms. The van der Waals surface area contributed by atoms with E-state index in [-0.39, 0.29) is 6.10 Å². The molecule has 0 heterocycles. The summed E-state index contributed by atoms with van der Waals surface area (Å²) in [5, 5.41) is 9.40. The van der Waals surface area contributed by atoms with Crippen molar-refractivity contribution in [2.75, 3.05) is 0 Å². The van der Waals surface area contributed by atoms with Crippen LogP contribution in [-0.2, 0) is 0 Å². The molecule has 0 aliphatic rings. The van der Waals surface area contributed by atoms with Gasteiger partial charge in [-0.25, -0.2) is 0 Å². The van der Waals surface area contributed by atoms with Crippen LogP contribution in [-0.4, -0.2) is 11.2 Å². The zero-order valence-corrected chi connectivity index (χ0v) is 12.2. The summed E-state index contributed by atoms with van der Waals surface area (Å²) < 4.78 is 0. The Bertz CT molecular complexity index is 133. The number of hydrogen-bond acceptors (Lipinski definition) is 1. The summed E-state index contributed by atoms with van der Waals surface area (Å²) >= 11 is 0. The highest BCUT2D eigenvalue weighted by atomic mass is 16.3. The van der Waals surface area contributed by atoms with Gasteiger partial charge in [0.15, 0.2) is 0 Å². The lowest BCUT2D eigenvalue weighted by Crippen LogP contribution is -2.03. The Labute approximate surface area is 109 Å². The SMILES string of the molecule is CCCCCCCCCCCCC[C@H](O)CC. The summed E-state index contributed by atoms with van der Waals surface area (Å²) in [6.07, 6.45) is 17.1. The molecule has 0 aliphatic carbocycles. The van der Waals surface area contributed by atoms with Gasteiger partial charge in [-0.15, -0.1) is 0 Å². The van der Waals surface area contributed by atoms with Crippen LogP contribution in [0.2, 0.25) is 0 Å². The lowest BCUT2D eigenvalue weighted by molar-refractivity contribution is 0.156. The van der Waals surface area contributed by atoms with Crippen molar-refractivity contribution in [1.82, 2.24) is 0 Å². The van der Waals surface area contributed by atoms with E-state index in [1.54, 1.807) is 0 Å². The number of unbranched alkanes of at least 4 members (excludes halogenated alkanes) is 10. The summed E-state index contributed by atoms with van der Waals surface area (Å²) in [5.41, 5.74) is 0. The van der Waals surface area contributed by atoms with Crippen molar-refractivity contribution in [2.45, 2.75) is 103 Å². The van der Waals surface area contributed by atoms with Crippen LogP contribution in [0.25, 0.3) is 0 Å². The van der Waals surface area contributed by atoms with Gasteiger partial charge < -0.3 is 5.11 Å². The van der Waals surface area contributed by atoms with Crippen LogP contribution in [0.15, 0.2) is 0 Å². The minimum Gasteiger partial charge on any atom is -0.393 e. The molecule has 0 saturated carbocycles. The highest BCUT2D eigenvalue weighted by molar-refractivity contribution is 4.53. The molecule has 1 N–H and O–H groups in total. The molecule has 104 valence electrons. The largest absolute Gasteiger partial charge is 0.393 e. The molecule has 0 spiro atoms. The molecule has 0 fully saturated rings. The van der Waals surface area contributed by atoms with Gasteiger partial charge in [-0.1, -0.05) is 84.5 Å². The zero-order valence-electron chi connectivity index (χ0n) is 12.2. The van der Waals surface area contributed by atoms with Crippen LogP contribution < -0.4 is 0 Å². The summed E-state index contributed by atoms with van der Waals surface area (Å²) in [6, 6.07) is 0. The Balaban J connectivity index is 2.94. The third-order valence-electron chi connectivity index (χ3n) is 3.61. The van der Waals surface area contributed by atoms with Gasteiger partial charge in [-0.05, 0) is 12.8 Å². The Morgan fingerprint density at radius 1 is 0.647 bits per heavy atom. The Morgan fingerprint density at radius 2 is 1.06 bits per heavy atom. The Kier molecular flexibility index (Phi) is 14.0. The average molecular weight is 242 g/mol. The minimum absolute atomic E-state index is 0.0476. The second kappa shape index (κ2) is 14.0. The van der Waals surface area contributed by atoms with E-state index in [1.807, 2.05) is 0 Å². The van der Waals surface area contributed by atoms with Crippen LogP contribution in [0.5, 0.6) is 0 Å². The standard InChI is InChI=1S/C16H34O/c1-3-5-6-7-8-9-10-11-12-13-14-15-16(17)4-2/h16-17H,3-15H2,1-2H3/t16-/m1/s1. The maximum atomic E-state index is 9.40. The van der Waals surface area contributed by atoms with Gasteiger partial charge in [0.1, 0.15) is 0 Å². The molecule has 0 unspecified atom stereocenters. The molecule has 0 aromatic heterocycles. The minimum atomic E-state index is -0.0476. The molecule has 1 nitrogen and oxygen atoms in total.